The standard InChI is InChI=1S/C9H16Cl4/c1-6(10)3-8(12)5-9(13)4-7(2)11/h6-9H,3-5H2,1-2H3. The van der Waals surface area contributed by atoms with Gasteiger partial charge in [0, 0.05) is 21.5 Å². The molecule has 0 N–H and O–H groups in total. The third-order valence-electron chi connectivity index (χ3n) is 1.67. The molecular formula is C9H16Cl4. The molecule has 0 saturated heterocycles. The number of hydrogen-bond acceptors (Lipinski definition) is 0. The maximum Gasteiger partial charge on any atom is 0.0364 e. The molecule has 4 unspecified atom stereocenters. The number of rotatable bonds is 6. The van der Waals surface area contributed by atoms with Crippen LogP contribution < -0.4 is 0 Å². The summed E-state index contributed by atoms with van der Waals surface area (Å²) in [5.41, 5.74) is 0. The molecule has 0 saturated carbocycles. The van der Waals surface area contributed by atoms with E-state index in [1.807, 2.05) is 13.8 Å². The van der Waals surface area contributed by atoms with Gasteiger partial charge in [-0.2, -0.15) is 0 Å². The van der Waals surface area contributed by atoms with Gasteiger partial charge in [-0.15, -0.1) is 46.4 Å². The van der Waals surface area contributed by atoms with E-state index in [-0.39, 0.29) is 21.5 Å². The molecule has 13 heavy (non-hydrogen) atoms. The molecule has 0 fully saturated rings. The van der Waals surface area contributed by atoms with Crippen LogP contribution in [0.4, 0.5) is 0 Å². The highest BCUT2D eigenvalue weighted by Crippen LogP contribution is 2.22. The summed E-state index contributed by atoms with van der Waals surface area (Å²) in [6.07, 6.45) is 2.36. The smallest absolute Gasteiger partial charge is 0.0364 e. The fourth-order valence-corrected chi connectivity index (χ4v) is 2.84. The van der Waals surface area contributed by atoms with Gasteiger partial charge in [-0.1, -0.05) is 0 Å². The SMILES string of the molecule is CC(Cl)CC(Cl)CC(Cl)CC(C)Cl. The quantitative estimate of drug-likeness (QED) is 0.615. The van der Waals surface area contributed by atoms with E-state index in [2.05, 4.69) is 0 Å². The van der Waals surface area contributed by atoms with Crippen LogP contribution in [-0.4, -0.2) is 21.5 Å². The van der Waals surface area contributed by atoms with E-state index in [0.29, 0.717) is 0 Å². The molecule has 0 spiro atoms. The molecule has 0 aromatic rings. The second-order valence-corrected chi connectivity index (χ2v) is 6.19. The maximum atomic E-state index is 6.04. The molecule has 0 aliphatic heterocycles. The van der Waals surface area contributed by atoms with Crippen LogP contribution in [0.1, 0.15) is 33.1 Å². The van der Waals surface area contributed by atoms with Crippen molar-refractivity contribution in [2.75, 3.05) is 0 Å². The average Bonchev–Trinajstić information content (AvgIpc) is 1.80. The Morgan fingerprint density at radius 2 is 1.00 bits per heavy atom. The van der Waals surface area contributed by atoms with Crippen LogP contribution in [0.15, 0.2) is 0 Å². The van der Waals surface area contributed by atoms with Crippen LogP contribution in [0.5, 0.6) is 0 Å². The lowest BCUT2D eigenvalue weighted by atomic mass is 10.1. The zero-order valence-corrected chi connectivity index (χ0v) is 11.0. The van der Waals surface area contributed by atoms with Crippen LogP contribution in [0.25, 0.3) is 0 Å². The second kappa shape index (κ2) is 7.45. The van der Waals surface area contributed by atoms with Gasteiger partial charge in [0.15, 0.2) is 0 Å². The minimum absolute atomic E-state index is 0.0606. The molecule has 80 valence electrons. The summed E-state index contributed by atoms with van der Waals surface area (Å²) in [5, 5.41) is 0.343. The topological polar surface area (TPSA) is 0 Å². The molecule has 0 aliphatic rings. The van der Waals surface area contributed by atoms with Crippen molar-refractivity contribution >= 4 is 46.4 Å². The van der Waals surface area contributed by atoms with Crippen molar-refractivity contribution in [3.8, 4) is 0 Å². The van der Waals surface area contributed by atoms with Crippen molar-refractivity contribution in [2.24, 2.45) is 0 Å². The van der Waals surface area contributed by atoms with Gasteiger partial charge in [0.25, 0.3) is 0 Å². The van der Waals surface area contributed by atoms with Crippen LogP contribution in [0, 0.1) is 0 Å². The Hall–Kier alpha value is 1.16. The molecule has 0 heterocycles. The molecule has 0 aliphatic carbocycles. The van der Waals surface area contributed by atoms with Crippen LogP contribution in [-0.2, 0) is 0 Å². The van der Waals surface area contributed by atoms with Crippen molar-refractivity contribution in [2.45, 2.75) is 54.6 Å². The molecule has 0 aromatic heterocycles. The Kier molecular flexibility index (Phi) is 8.12. The first-order chi connectivity index (χ1) is 5.91. The number of halogens is 4. The van der Waals surface area contributed by atoms with Crippen molar-refractivity contribution in [1.82, 2.24) is 0 Å². The van der Waals surface area contributed by atoms with Crippen molar-refractivity contribution in [3.63, 3.8) is 0 Å². The number of alkyl halides is 4. The lowest BCUT2D eigenvalue weighted by Crippen LogP contribution is -2.14. The highest BCUT2D eigenvalue weighted by atomic mass is 35.5. The Morgan fingerprint density at radius 1 is 0.692 bits per heavy atom. The summed E-state index contributed by atoms with van der Waals surface area (Å²) in [7, 11) is 0. The Bertz CT molecular complexity index is 111. The predicted octanol–water partition coefficient (Wildman–Crippen LogP) is 4.63. The van der Waals surface area contributed by atoms with Gasteiger partial charge < -0.3 is 0 Å². The van der Waals surface area contributed by atoms with Gasteiger partial charge in [-0.25, -0.2) is 0 Å². The van der Waals surface area contributed by atoms with Crippen molar-refractivity contribution in [3.05, 3.63) is 0 Å². The average molecular weight is 266 g/mol. The van der Waals surface area contributed by atoms with Gasteiger partial charge in [0.2, 0.25) is 0 Å². The molecule has 0 rings (SSSR count). The summed E-state index contributed by atoms with van der Waals surface area (Å²) < 4.78 is 0. The molecule has 0 bridgehead atoms. The first kappa shape index (κ1) is 14.2. The summed E-state index contributed by atoms with van der Waals surface area (Å²) in [6.45, 7) is 3.87. The van der Waals surface area contributed by atoms with E-state index >= 15 is 0 Å². The normalized spacial score (nSPS) is 20.8. The van der Waals surface area contributed by atoms with Crippen LogP contribution >= 0.6 is 46.4 Å². The zero-order valence-electron chi connectivity index (χ0n) is 7.94. The Morgan fingerprint density at radius 3 is 1.23 bits per heavy atom. The van der Waals surface area contributed by atoms with Gasteiger partial charge in [-0.05, 0) is 33.1 Å². The zero-order chi connectivity index (χ0) is 10.4. The second-order valence-electron chi connectivity index (χ2n) is 3.46. The molecule has 4 atom stereocenters. The van der Waals surface area contributed by atoms with Crippen molar-refractivity contribution < 1.29 is 0 Å². The lowest BCUT2D eigenvalue weighted by Gasteiger charge is -2.15. The molecule has 0 aromatic carbocycles. The predicted molar refractivity (Wildman–Crippen MR) is 63.8 cm³/mol. The maximum absolute atomic E-state index is 6.04. The summed E-state index contributed by atoms with van der Waals surface area (Å²) >= 11 is 23.7. The largest absolute Gasteiger partial charge is 0.123 e. The molecule has 4 heteroatoms. The number of hydrogen-bond donors (Lipinski definition) is 0. The van der Waals surface area contributed by atoms with Gasteiger partial charge in [-0.3, -0.25) is 0 Å². The first-order valence-corrected chi connectivity index (χ1v) is 6.22. The van der Waals surface area contributed by atoms with E-state index in [1.54, 1.807) is 0 Å². The lowest BCUT2D eigenvalue weighted by molar-refractivity contribution is 0.620. The monoisotopic (exact) mass is 264 g/mol. The molecule has 0 amide bonds. The van der Waals surface area contributed by atoms with Gasteiger partial charge in [0.05, 0.1) is 0 Å². The van der Waals surface area contributed by atoms with E-state index in [0.717, 1.165) is 19.3 Å². The fraction of sp³-hybridized carbons (Fsp3) is 1.00. The Labute approximate surface area is 101 Å². The van der Waals surface area contributed by atoms with E-state index in [1.165, 1.54) is 0 Å². The molecule has 0 radical (unpaired) electrons. The van der Waals surface area contributed by atoms with E-state index in [9.17, 15) is 0 Å². The third-order valence-corrected chi connectivity index (χ3v) is 2.74. The fourth-order valence-electron chi connectivity index (χ4n) is 1.17. The summed E-state index contributed by atoms with van der Waals surface area (Å²) in [4.78, 5) is 0. The van der Waals surface area contributed by atoms with Crippen molar-refractivity contribution in [1.29, 1.82) is 0 Å². The highest BCUT2D eigenvalue weighted by molar-refractivity contribution is 6.25. The minimum atomic E-state index is 0.0606. The summed E-state index contributed by atoms with van der Waals surface area (Å²) in [6, 6.07) is 0. The molecule has 0 nitrogen and oxygen atoms in total. The van der Waals surface area contributed by atoms with Crippen LogP contribution in [0.3, 0.4) is 0 Å². The van der Waals surface area contributed by atoms with Crippen LogP contribution in [0.2, 0.25) is 0 Å². The Balaban J connectivity index is 3.58. The highest BCUT2D eigenvalue weighted by Gasteiger charge is 2.15. The van der Waals surface area contributed by atoms with Gasteiger partial charge >= 0.3 is 0 Å². The third kappa shape index (κ3) is 9.46. The van der Waals surface area contributed by atoms with E-state index < -0.39 is 0 Å². The van der Waals surface area contributed by atoms with Gasteiger partial charge in [0.1, 0.15) is 0 Å². The first-order valence-electron chi connectivity index (χ1n) is 4.48. The summed E-state index contributed by atoms with van der Waals surface area (Å²) in [5.74, 6) is 0. The molecular weight excluding hydrogens is 250 g/mol. The minimum Gasteiger partial charge on any atom is -0.123 e. The van der Waals surface area contributed by atoms with E-state index in [4.69, 9.17) is 46.4 Å².